The van der Waals surface area contributed by atoms with E-state index in [1.165, 1.54) is 18.4 Å². The number of rotatable bonds is 6. The van der Waals surface area contributed by atoms with Crippen LogP contribution in [-0.2, 0) is 10.0 Å². The Bertz CT molecular complexity index is 647. The van der Waals surface area contributed by atoms with Crippen molar-refractivity contribution in [3.05, 3.63) is 27.8 Å². The molecule has 0 spiro atoms. The summed E-state index contributed by atoms with van der Waals surface area (Å²) in [5.74, 6) is 0. The normalized spacial score (nSPS) is 15.6. The minimum Gasteiger partial charge on any atom is -0.302 e. The van der Waals surface area contributed by atoms with Crippen LogP contribution in [0.15, 0.2) is 4.90 Å². The van der Waals surface area contributed by atoms with Crippen molar-refractivity contribution in [2.75, 3.05) is 20.1 Å². The lowest BCUT2D eigenvalue weighted by Gasteiger charge is -2.20. The third-order valence-corrected chi connectivity index (χ3v) is 6.86. The summed E-state index contributed by atoms with van der Waals surface area (Å²) in [4.78, 5) is 2.69. The second-order valence-corrected chi connectivity index (χ2v) is 8.27. The lowest BCUT2D eigenvalue weighted by Crippen LogP contribution is -2.34. The van der Waals surface area contributed by atoms with Gasteiger partial charge in [0.25, 0.3) is 0 Å². The molecule has 0 atom stereocenters. The maximum atomic E-state index is 12.7. The summed E-state index contributed by atoms with van der Waals surface area (Å²) >= 11 is 0. The molecular weight excluding hydrogens is 296 g/mol. The highest BCUT2D eigenvalue weighted by Crippen LogP contribution is 2.29. The molecule has 0 radical (unpaired) electrons. The van der Waals surface area contributed by atoms with E-state index in [1.807, 2.05) is 27.7 Å². The van der Waals surface area contributed by atoms with E-state index in [1.54, 1.807) is 0 Å². The van der Waals surface area contributed by atoms with Gasteiger partial charge in [0.15, 0.2) is 0 Å². The fourth-order valence-corrected chi connectivity index (χ4v) is 4.61. The number of nitrogens with zero attached hydrogens (tertiary/aromatic N) is 1. The molecule has 0 heterocycles. The van der Waals surface area contributed by atoms with Gasteiger partial charge >= 0.3 is 0 Å². The van der Waals surface area contributed by atoms with Crippen molar-refractivity contribution < 1.29 is 8.42 Å². The zero-order valence-corrected chi connectivity index (χ0v) is 15.4. The SMILES string of the molecule is Cc1c(C)c(C)c(S(=O)(=O)NCCN(C)C2CC2)c(C)c1C. The van der Waals surface area contributed by atoms with Gasteiger partial charge in [0.2, 0.25) is 10.0 Å². The summed E-state index contributed by atoms with van der Waals surface area (Å²) < 4.78 is 28.2. The van der Waals surface area contributed by atoms with Gasteiger partial charge in [0.1, 0.15) is 0 Å². The van der Waals surface area contributed by atoms with Crippen LogP contribution in [0.3, 0.4) is 0 Å². The van der Waals surface area contributed by atoms with Crippen molar-refractivity contribution in [1.29, 1.82) is 0 Å². The van der Waals surface area contributed by atoms with Gasteiger partial charge in [-0.05, 0) is 82.3 Å². The van der Waals surface area contributed by atoms with Crippen LogP contribution < -0.4 is 4.72 Å². The van der Waals surface area contributed by atoms with Gasteiger partial charge in [0, 0.05) is 19.1 Å². The first-order valence-corrected chi connectivity index (χ1v) is 9.42. The molecule has 0 saturated heterocycles. The standard InChI is InChI=1S/C17H28N2O2S/c1-11-12(2)14(4)17(15(5)13(11)3)22(20,21)18-9-10-19(6)16-7-8-16/h16,18H,7-10H2,1-6H3. The Hall–Kier alpha value is -0.910. The molecular formula is C17H28N2O2S. The lowest BCUT2D eigenvalue weighted by molar-refractivity contribution is 0.329. The van der Waals surface area contributed by atoms with E-state index < -0.39 is 10.0 Å². The van der Waals surface area contributed by atoms with Crippen molar-refractivity contribution >= 4 is 10.0 Å². The molecule has 1 aromatic rings. The Morgan fingerprint density at radius 3 is 1.86 bits per heavy atom. The predicted octanol–water partition coefficient (Wildman–Crippen LogP) is 2.60. The van der Waals surface area contributed by atoms with Crippen LogP contribution in [0.5, 0.6) is 0 Å². The third kappa shape index (κ3) is 3.36. The van der Waals surface area contributed by atoms with Gasteiger partial charge in [-0.15, -0.1) is 0 Å². The molecule has 1 aliphatic rings. The molecule has 1 aliphatic carbocycles. The molecule has 0 amide bonds. The van der Waals surface area contributed by atoms with Crippen LogP contribution in [0.4, 0.5) is 0 Å². The first-order chi connectivity index (χ1) is 10.2. The van der Waals surface area contributed by atoms with E-state index in [2.05, 4.69) is 23.6 Å². The minimum atomic E-state index is -3.46. The number of likely N-dealkylation sites (N-methyl/N-ethyl adjacent to an activating group) is 1. The molecule has 124 valence electrons. The number of benzene rings is 1. The van der Waals surface area contributed by atoms with E-state index in [0.29, 0.717) is 17.5 Å². The summed E-state index contributed by atoms with van der Waals surface area (Å²) in [6.45, 7) is 11.1. The summed E-state index contributed by atoms with van der Waals surface area (Å²) in [7, 11) is -1.40. The van der Waals surface area contributed by atoms with Crippen molar-refractivity contribution in [2.45, 2.75) is 58.4 Å². The highest BCUT2D eigenvalue weighted by Gasteiger charge is 2.27. The topological polar surface area (TPSA) is 49.4 Å². The van der Waals surface area contributed by atoms with Crippen LogP contribution in [0.25, 0.3) is 0 Å². The highest BCUT2D eigenvalue weighted by atomic mass is 32.2. The summed E-state index contributed by atoms with van der Waals surface area (Å²) in [5.41, 5.74) is 5.05. The molecule has 1 aromatic carbocycles. The average molecular weight is 324 g/mol. The van der Waals surface area contributed by atoms with Crippen molar-refractivity contribution in [2.24, 2.45) is 0 Å². The summed E-state index contributed by atoms with van der Waals surface area (Å²) in [6, 6.07) is 0.650. The fourth-order valence-electron chi connectivity index (χ4n) is 3.00. The maximum absolute atomic E-state index is 12.7. The Morgan fingerprint density at radius 1 is 0.955 bits per heavy atom. The molecule has 1 N–H and O–H groups in total. The van der Waals surface area contributed by atoms with Crippen LogP contribution in [-0.4, -0.2) is 39.5 Å². The zero-order chi connectivity index (χ0) is 16.7. The van der Waals surface area contributed by atoms with E-state index in [4.69, 9.17) is 0 Å². The van der Waals surface area contributed by atoms with E-state index in [0.717, 1.165) is 28.8 Å². The van der Waals surface area contributed by atoms with Gasteiger partial charge in [-0.2, -0.15) is 0 Å². The minimum absolute atomic E-state index is 0.459. The van der Waals surface area contributed by atoms with Gasteiger partial charge in [0.05, 0.1) is 4.90 Å². The van der Waals surface area contributed by atoms with Crippen LogP contribution in [0.2, 0.25) is 0 Å². The second kappa shape index (κ2) is 6.30. The van der Waals surface area contributed by atoms with E-state index >= 15 is 0 Å². The predicted molar refractivity (Wildman–Crippen MR) is 91.0 cm³/mol. The third-order valence-electron chi connectivity index (χ3n) is 5.13. The van der Waals surface area contributed by atoms with Gasteiger partial charge < -0.3 is 4.90 Å². The smallest absolute Gasteiger partial charge is 0.241 e. The first-order valence-electron chi connectivity index (χ1n) is 7.93. The van der Waals surface area contributed by atoms with Crippen LogP contribution in [0.1, 0.15) is 40.7 Å². The maximum Gasteiger partial charge on any atom is 0.241 e. The number of hydrogen-bond acceptors (Lipinski definition) is 3. The Labute approximate surface area is 135 Å². The van der Waals surface area contributed by atoms with E-state index in [9.17, 15) is 8.42 Å². The Kier molecular flexibility index (Phi) is 5.00. The number of hydrogen-bond donors (Lipinski definition) is 1. The quantitative estimate of drug-likeness (QED) is 0.875. The molecule has 1 saturated carbocycles. The van der Waals surface area contributed by atoms with Crippen molar-refractivity contribution in [3.8, 4) is 0 Å². The molecule has 0 bridgehead atoms. The Balaban J connectivity index is 2.22. The highest BCUT2D eigenvalue weighted by molar-refractivity contribution is 7.89. The molecule has 0 aromatic heterocycles. The number of nitrogens with one attached hydrogen (secondary N) is 1. The lowest BCUT2D eigenvalue weighted by atomic mass is 9.95. The number of sulfonamides is 1. The van der Waals surface area contributed by atoms with Crippen LogP contribution >= 0.6 is 0 Å². The van der Waals surface area contributed by atoms with Crippen molar-refractivity contribution in [1.82, 2.24) is 9.62 Å². The first kappa shape index (κ1) is 17.4. The van der Waals surface area contributed by atoms with Crippen LogP contribution in [0, 0.1) is 34.6 Å². The second-order valence-electron chi connectivity index (χ2n) is 6.56. The molecule has 2 rings (SSSR count). The molecule has 4 nitrogen and oxygen atoms in total. The van der Waals surface area contributed by atoms with Gasteiger partial charge in [-0.1, -0.05) is 0 Å². The zero-order valence-electron chi connectivity index (χ0n) is 14.6. The average Bonchev–Trinajstić information content (AvgIpc) is 3.27. The fraction of sp³-hybridized carbons (Fsp3) is 0.647. The summed E-state index contributed by atoms with van der Waals surface area (Å²) in [6.07, 6.45) is 2.47. The monoisotopic (exact) mass is 324 g/mol. The Morgan fingerprint density at radius 2 is 1.41 bits per heavy atom. The molecule has 1 fully saturated rings. The molecule has 0 aliphatic heterocycles. The van der Waals surface area contributed by atoms with Gasteiger partial charge in [-0.25, -0.2) is 13.1 Å². The molecule has 0 unspecified atom stereocenters. The largest absolute Gasteiger partial charge is 0.302 e. The van der Waals surface area contributed by atoms with E-state index in [-0.39, 0.29) is 0 Å². The van der Waals surface area contributed by atoms with Gasteiger partial charge in [-0.3, -0.25) is 0 Å². The molecule has 5 heteroatoms. The summed E-state index contributed by atoms with van der Waals surface area (Å²) in [5, 5.41) is 0. The van der Waals surface area contributed by atoms with Crippen molar-refractivity contribution in [3.63, 3.8) is 0 Å². The molecule has 22 heavy (non-hydrogen) atoms.